The first-order valence-corrected chi connectivity index (χ1v) is 4.32. The molecule has 1 N–H and O–H groups in total. The lowest BCUT2D eigenvalue weighted by molar-refractivity contribution is -0.113. The minimum Gasteiger partial charge on any atom is -0.386 e. The van der Waals surface area contributed by atoms with Crippen molar-refractivity contribution in [3.8, 4) is 0 Å². The second-order valence-electron chi connectivity index (χ2n) is 3.49. The molecule has 0 aromatic heterocycles. The highest BCUT2D eigenvalue weighted by Crippen LogP contribution is 2.15. The molecule has 0 aliphatic carbocycles. The zero-order valence-electron chi connectivity index (χ0n) is 8.35. The first-order valence-electron chi connectivity index (χ1n) is 4.32. The van der Waals surface area contributed by atoms with Crippen molar-refractivity contribution in [3.05, 3.63) is 11.6 Å². The number of carbonyl (C=O) groups excluding carboxylic acids is 1. The number of allylic oxidation sites excluding steroid dienone is 1. The Bertz CT molecular complexity index is 190. The lowest BCUT2D eigenvalue weighted by atomic mass is 9.97. The summed E-state index contributed by atoms with van der Waals surface area (Å²) in [6.07, 6.45) is 3.24. The van der Waals surface area contributed by atoms with Crippen molar-refractivity contribution in [2.24, 2.45) is 0 Å². The topological polar surface area (TPSA) is 37.3 Å². The summed E-state index contributed by atoms with van der Waals surface area (Å²) in [6, 6.07) is 0. The Morgan fingerprint density at radius 3 is 2.33 bits per heavy atom. The van der Waals surface area contributed by atoms with Gasteiger partial charge in [0.15, 0.2) is 5.78 Å². The summed E-state index contributed by atoms with van der Waals surface area (Å²) in [4.78, 5) is 10.8. The minimum absolute atomic E-state index is 0.0198. The third kappa shape index (κ3) is 4.29. The minimum atomic E-state index is -0.829. The van der Waals surface area contributed by atoms with Gasteiger partial charge in [-0.2, -0.15) is 0 Å². The van der Waals surface area contributed by atoms with Gasteiger partial charge in [-0.15, -0.1) is 0 Å². The number of Topliss-reactive ketones (excluding diaryl/α,β-unsaturated/α-hetero) is 1. The van der Waals surface area contributed by atoms with E-state index >= 15 is 0 Å². The van der Waals surface area contributed by atoms with E-state index in [2.05, 4.69) is 0 Å². The van der Waals surface area contributed by atoms with Gasteiger partial charge in [-0.25, -0.2) is 0 Å². The van der Waals surface area contributed by atoms with Gasteiger partial charge in [0.05, 0.1) is 5.60 Å². The maximum atomic E-state index is 10.8. The Morgan fingerprint density at radius 2 is 2.00 bits per heavy atom. The Balaban J connectivity index is 4.38. The summed E-state index contributed by atoms with van der Waals surface area (Å²) in [7, 11) is 0. The summed E-state index contributed by atoms with van der Waals surface area (Å²) in [6.45, 7) is 6.97. The van der Waals surface area contributed by atoms with E-state index in [9.17, 15) is 9.90 Å². The third-order valence-corrected chi connectivity index (χ3v) is 1.84. The van der Waals surface area contributed by atoms with Crippen LogP contribution in [0, 0.1) is 0 Å². The number of aliphatic hydroxyl groups is 1. The second-order valence-corrected chi connectivity index (χ2v) is 3.49. The van der Waals surface area contributed by atoms with Crippen LogP contribution in [0.1, 0.15) is 40.5 Å². The van der Waals surface area contributed by atoms with E-state index in [-0.39, 0.29) is 5.78 Å². The van der Waals surface area contributed by atoms with Gasteiger partial charge in [0.1, 0.15) is 0 Å². The highest BCUT2D eigenvalue weighted by Gasteiger charge is 2.16. The highest BCUT2D eigenvalue weighted by molar-refractivity contribution is 5.92. The van der Waals surface area contributed by atoms with E-state index in [1.807, 2.05) is 6.92 Å². The first kappa shape index (κ1) is 11.4. The molecule has 0 heterocycles. The average molecular weight is 170 g/mol. The third-order valence-electron chi connectivity index (χ3n) is 1.84. The van der Waals surface area contributed by atoms with Crippen molar-refractivity contribution in [1.29, 1.82) is 0 Å². The van der Waals surface area contributed by atoms with Crippen molar-refractivity contribution in [2.75, 3.05) is 0 Å². The molecular weight excluding hydrogens is 152 g/mol. The molecule has 70 valence electrons. The van der Waals surface area contributed by atoms with Crippen molar-refractivity contribution in [3.63, 3.8) is 0 Å². The van der Waals surface area contributed by atoms with E-state index in [0.717, 1.165) is 6.42 Å². The summed E-state index contributed by atoms with van der Waals surface area (Å²) >= 11 is 0. The molecule has 0 saturated heterocycles. The van der Waals surface area contributed by atoms with Crippen LogP contribution in [0.15, 0.2) is 11.6 Å². The van der Waals surface area contributed by atoms with Gasteiger partial charge in [0, 0.05) is 0 Å². The molecule has 12 heavy (non-hydrogen) atoms. The standard InChI is InChI=1S/C10H18O2/c1-5-6-10(4,12)7-8(2)9(3)11/h7,12H,5-6H2,1-4H3. The quantitative estimate of drug-likeness (QED) is 0.656. The van der Waals surface area contributed by atoms with E-state index < -0.39 is 5.60 Å². The Morgan fingerprint density at radius 1 is 1.50 bits per heavy atom. The number of ketones is 1. The van der Waals surface area contributed by atoms with Crippen LogP contribution >= 0.6 is 0 Å². The molecule has 0 amide bonds. The van der Waals surface area contributed by atoms with Crippen LogP contribution in [-0.4, -0.2) is 16.5 Å². The number of carbonyl (C=O) groups is 1. The van der Waals surface area contributed by atoms with Crippen LogP contribution in [-0.2, 0) is 4.79 Å². The Hall–Kier alpha value is -0.630. The molecule has 2 nitrogen and oxygen atoms in total. The van der Waals surface area contributed by atoms with Crippen LogP contribution in [0.3, 0.4) is 0 Å². The van der Waals surface area contributed by atoms with Gasteiger partial charge in [0.25, 0.3) is 0 Å². The maximum absolute atomic E-state index is 10.8. The summed E-state index contributed by atoms with van der Waals surface area (Å²) in [5, 5.41) is 9.71. The summed E-state index contributed by atoms with van der Waals surface area (Å²) in [5.41, 5.74) is -0.196. The highest BCUT2D eigenvalue weighted by atomic mass is 16.3. The monoisotopic (exact) mass is 170 g/mol. The molecule has 0 spiro atoms. The molecule has 0 rings (SSSR count). The van der Waals surface area contributed by atoms with Gasteiger partial charge in [-0.1, -0.05) is 13.3 Å². The largest absolute Gasteiger partial charge is 0.386 e. The molecule has 0 aliphatic rings. The number of hydrogen-bond acceptors (Lipinski definition) is 2. The normalized spacial score (nSPS) is 17.2. The SMILES string of the molecule is CCCC(C)(O)C=C(C)C(C)=O. The zero-order valence-corrected chi connectivity index (χ0v) is 8.35. The average Bonchev–Trinajstić information content (AvgIpc) is 1.85. The zero-order chi connectivity index (χ0) is 9.78. The van der Waals surface area contributed by atoms with Gasteiger partial charge >= 0.3 is 0 Å². The lowest BCUT2D eigenvalue weighted by Gasteiger charge is -2.18. The summed E-state index contributed by atoms with van der Waals surface area (Å²) in [5.74, 6) is 0.0198. The van der Waals surface area contributed by atoms with Crippen LogP contribution in [0.5, 0.6) is 0 Å². The van der Waals surface area contributed by atoms with E-state index in [1.165, 1.54) is 6.92 Å². The van der Waals surface area contributed by atoms with Crippen LogP contribution in [0.4, 0.5) is 0 Å². The molecule has 2 heteroatoms. The fourth-order valence-electron chi connectivity index (χ4n) is 1.15. The molecule has 0 radical (unpaired) electrons. The molecule has 0 fully saturated rings. The van der Waals surface area contributed by atoms with E-state index in [4.69, 9.17) is 0 Å². The molecule has 0 bridgehead atoms. The van der Waals surface area contributed by atoms with Crippen LogP contribution < -0.4 is 0 Å². The van der Waals surface area contributed by atoms with Crippen LogP contribution in [0.25, 0.3) is 0 Å². The smallest absolute Gasteiger partial charge is 0.155 e. The summed E-state index contributed by atoms with van der Waals surface area (Å²) < 4.78 is 0. The fraction of sp³-hybridized carbons (Fsp3) is 0.700. The molecular formula is C10H18O2. The van der Waals surface area contributed by atoms with Gasteiger partial charge in [-0.05, 0) is 38.8 Å². The van der Waals surface area contributed by atoms with Crippen LogP contribution in [0.2, 0.25) is 0 Å². The maximum Gasteiger partial charge on any atom is 0.155 e. The van der Waals surface area contributed by atoms with Gasteiger partial charge in [-0.3, -0.25) is 4.79 Å². The second kappa shape index (κ2) is 4.41. The molecule has 0 saturated carbocycles. The van der Waals surface area contributed by atoms with Gasteiger partial charge < -0.3 is 5.11 Å². The lowest BCUT2D eigenvalue weighted by Crippen LogP contribution is -2.21. The fourth-order valence-corrected chi connectivity index (χ4v) is 1.15. The van der Waals surface area contributed by atoms with E-state index in [0.29, 0.717) is 12.0 Å². The van der Waals surface area contributed by atoms with Crippen molar-refractivity contribution >= 4 is 5.78 Å². The Kier molecular flexibility index (Phi) is 4.18. The van der Waals surface area contributed by atoms with E-state index in [1.54, 1.807) is 19.9 Å². The molecule has 0 aliphatic heterocycles. The van der Waals surface area contributed by atoms with Gasteiger partial charge in [0.2, 0.25) is 0 Å². The molecule has 0 aromatic carbocycles. The predicted molar refractivity (Wildman–Crippen MR) is 50.0 cm³/mol. The molecule has 1 unspecified atom stereocenters. The number of rotatable bonds is 4. The molecule has 1 atom stereocenters. The van der Waals surface area contributed by atoms with Crippen molar-refractivity contribution < 1.29 is 9.90 Å². The first-order chi connectivity index (χ1) is 5.39. The van der Waals surface area contributed by atoms with Crippen molar-refractivity contribution in [1.82, 2.24) is 0 Å². The Labute approximate surface area is 74.3 Å². The predicted octanol–water partition coefficient (Wildman–Crippen LogP) is 2.07. The van der Waals surface area contributed by atoms with Crippen molar-refractivity contribution in [2.45, 2.75) is 46.1 Å². The molecule has 0 aromatic rings. The number of hydrogen-bond donors (Lipinski definition) is 1.